The molecule has 3 aromatic rings. The van der Waals surface area contributed by atoms with Gasteiger partial charge in [0.15, 0.2) is 11.5 Å². The Kier molecular flexibility index (Phi) is 6.89. The van der Waals surface area contributed by atoms with Gasteiger partial charge in [0.25, 0.3) is 5.91 Å². The molecule has 1 amide bonds. The summed E-state index contributed by atoms with van der Waals surface area (Å²) in [5.41, 5.74) is 0.884. The number of rotatable bonds is 9. The predicted octanol–water partition coefficient (Wildman–Crippen LogP) is 3.80. The van der Waals surface area contributed by atoms with Gasteiger partial charge in [-0.15, -0.1) is 0 Å². The second-order valence-corrected chi connectivity index (χ2v) is 7.65. The van der Waals surface area contributed by atoms with Gasteiger partial charge in [-0.1, -0.05) is 23.7 Å². The first-order chi connectivity index (χ1) is 15.6. The summed E-state index contributed by atoms with van der Waals surface area (Å²) in [4.78, 5) is 16.9. The molecule has 1 N–H and O–H groups in total. The molecule has 2 aromatic carbocycles. The van der Waals surface area contributed by atoms with E-state index in [2.05, 4.69) is 15.5 Å². The van der Waals surface area contributed by atoms with Crippen LogP contribution in [0.3, 0.4) is 0 Å². The smallest absolute Gasteiger partial charge is 0.265 e. The minimum Gasteiger partial charge on any atom is -0.497 e. The van der Waals surface area contributed by atoms with Crippen molar-refractivity contribution in [3.63, 3.8) is 0 Å². The van der Waals surface area contributed by atoms with E-state index < -0.39 is 6.10 Å². The van der Waals surface area contributed by atoms with Crippen LogP contribution in [0.2, 0.25) is 0 Å². The quantitative estimate of drug-likeness (QED) is 0.509. The lowest BCUT2D eigenvalue weighted by molar-refractivity contribution is -0.133. The lowest BCUT2D eigenvalue weighted by Gasteiger charge is -2.31. The SMILES string of the molecule is COc1ccc(-c2noc(CCCCCNC(=O)C3Oc4ccccc4OC3C)n2)cc1. The average Bonchev–Trinajstić information content (AvgIpc) is 3.29. The second-order valence-electron chi connectivity index (χ2n) is 7.65. The van der Waals surface area contributed by atoms with E-state index in [0.29, 0.717) is 36.2 Å². The fraction of sp³-hybridized carbons (Fsp3) is 0.375. The van der Waals surface area contributed by atoms with E-state index in [9.17, 15) is 4.79 Å². The highest BCUT2D eigenvalue weighted by Gasteiger charge is 2.33. The molecule has 8 nitrogen and oxygen atoms in total. The molecule has 0 aliphatic carbocycles. The first-order valence-electron chi connectivity index (χ1n) is 10.8. The molecule has 2 heterocycles. The van der Waals surface area contributed by atoms with E-state index >= 15 is 0 Å². The molecule has 0 spiro atoms. The van der Waals surface area contributed by atoms with Crippen LogP contribution in [0.1, 0.15) is 32.1 Å². The van der Waals surface area contributed by atoms with E-state index in [1.807, 2.05) is 49.4 Å². The van der Waals surface area contributed by atoms with E-state index in [-0.39, 0.29) is 12.0 Å². The number of hydrogen-bond donors (Lipinski definition) is 1. The maximum absolute atomic E-state index is 12.5. The third-order valence-electron chi connectivity index (χ3n) is 5.28. The van der Waals surface area contributed by atoms with Crippen molar-refractivity contribution >= 4 is 5.91 Å². The number of carbonyl (C=O) groups is 1. The van der Waals surface area contributed by atoms with Gasteiger partial charge in [0.2, 0.25) is 17.8 Å². The van der Waals surface area contributed by atoms with Crippen molar-refractivity contribution in [3.8, 4) is 28.6 Å². The summed E-state index contributed by atoms with van der Waals surface area (Å²) in [6, 6.07) is 14.9. The molecule has 0 bridgehead atoms. The molecular weight excluding hydrogens is 410 g/mol. The van der Waals surface area contributed by atoms with Gasteiger partial charge in [0.05, 0.1) is 7.11 Å². The molecule has 32 heavy (non-hydrogen) atoms. The predicted molar refractivity (Wildman–Crippen MR) is 118 cm³/mol. The number of fused-ring (bicyclic) bond motifs is 1. The number of benzene rings is 2. The number of aryl methyl sites for hydroxylation is 1. The van der Waals surface area contributed by atoms with Crippen LogP contribution in [0.4, 0.5) is 0 Å². The van der Waals surface area contributed by atoms with Crippen LogP contribution in [0.25, 0.3) is 11.4 Å². The molecule has 2 atom stereocenters. The minimum absolute atomic E-state index is 0.159. The van der Waals surface area contributed by atoms with Crippen LogP contribution in [0.5, 0.6) is 17.2 Å². The molecule has 0 saturated heterocycles. The minimum atomic E-state index is -0.653. The maximum Gasteiger partial charge on any atom is 0.265 e. The summed E-state index contributed by atoms with van der Waals surface area (Å²) in [5, 5.41) is 6.99. The van der Waals surface area contributed by atoms with Crippen molar-refractivity contribution < 1.29 is 23.5 Å². The van der Waals surface area contributed by atoms with Gasteiger partial charge in [-0.25, -0.2) is 0 Å². The average molecular weight is 437 g/mol. The summed E-state index contributed by atoms with van der Waals surface area (Å²) in [5.74, 6) is 3.07. The third-order valence-corrected chi connectivity index (χ3v) is 5.28. The summed E-state index contributed by atoms with van der Waals surface area (Å²) < 4.78 is 22.1. The monoisotopic (exact) mass is 437 g/mol. The molecule has 2 unspecified atom stereocenters. The zero-order valence-corrected chi connectivity index (χ0v) is 18.2. The Morgan fingerprint density at radius 1 is 1.03 bits per heavy atom. The largest absolute Gasteiger partial charge is 0.497 e. The van der Waals surface area contributed by atoms with Gasteiger partial charge in [0.1, 0.15) is 11.9 Å². The molecule has 1 aliphatic rings. The summed E-state index contributed by atoms with van der Waals surface area (Å²) in [6.07, 6.45) is 2.38. The van der Waals surface area contributed by atoms with Crippen LogP contribution in [0, 0.1) is 0 Å². The van der Waals surface area contributed by atoms with Gasteiger partial charge >= 0.3 is 0 Å². The first kappa shape index (κ1) is 21.7. The molecule has 1 aliphatic heterocycles. The first-order valence-corrected chi connectivity index (χ1v) is 10.8. The molecule has 8 heteroatoms. The van der Waals surface area contributed by atoms with Crippen molar-refractivity contribution in [3.05, 3.63) is 54.4 Å². The summed E-state index contributed by atoms with van der Waals surface area (Å²) in [7, 11) is 1.63. The molecule has 1 aromatic heterocycles. The summed E-state index contributed by atoms with van der Waals surface area (Å²) >= 11 is 0. The van der Waals surface area contributed by atoms with Crippen LogP contribution >= 0.6 is 0 Å². The topological polar surface area (TPSA) is 95.7 Å². The Morgan fingerprint density at radius 3 is 2.53 bits per heavy atom. The van der Waals surface area contributed by atoms with Crippen molar-refractivity contribution in [1.29, 1.82) is 0 Å². The Balaban J connectivity index is 1.16. The number of para-hydroxylation sites is 2. The lowest BCUT2D eigenvalue weighted by Crippen LogP contribution is -2.49. The molecular formula is C24H27N3O5. The Morgan fingerprint density at radius 2 is 1.78 bits per heavy atom. The number of nitrogens with zero attached hydrogens (tertiary/aromatic N) is 2. The standard InChI is InChI=1S/C24H27N3O5/c1-16-22(31-20-9-6-5-8-19(20)30-16)24(28)25-15-7-3-4-10-21-26-23(27-32-21)17-11-13-18(29-2)14-12-17/h5-6,8-9,11-14,16,22H,3-4,7,10,15H2,1-2H3,(H,25,28). The third kappa shape index (κ3) is 5.19. The highest BCUT2D eigenvalue weighted by Crippen LogP contribution is 2.33. The number of unbranched alkanes of at least 4 members (excludes halogenated alkanes) is 2. The number of carbonyl (C=O) groups excluding carboxylic acids is 1. The second kappa shape index (κ2) is 10.2. The zero-order chi connectivity index (χ0) is 22.3. The molecule has 168 valence electrons. The number of hydrogen-bond acceptors (Lipinski definition) is 7. The van der Waals surface area contributed by atoms with Gasteiger partial charge in [-0.3, -0.25) is 4.79 Å². The molecule has 4 rings (SSSR count). The highest BCUT2D eigenvalue weighted by molar-refractivity contribution is 5.82. The van der Waals surface area contributed by atoms with Crippen LogP contribution < -0.4 is 19.5 Å². The lowest BCUT2D eigenvalue weighted by atomic mass is 10.1. The van der Waals surface area contributed by atoms with E-state index in [1.54, 1.807) is 13.2 Å². The number of methoxy groups -OCH3 is 1. The van der Waals surface area contributed by atoms with E-state index in [0.717, 1.165) is 30.6 Å². The number of nitrogens with one attached hydrogen (secondary N) is 1. The molecule has 0 saturated carbocycles. The highest BCUT2D eigenvalue weighted by atomic mass is 16.6. The van der Waals surface area contributed by atoms with Crippen molar-refractivity contribution in [2.75, 3.05) is 13.7 Å². The summed E-state index contributed by atoms with van der Waals surface area (Å²) in [6.45, 7) is 2.42. The van der Waals surface area contributed by atoms with Gasteiger partial charge in [0, 0.05) is 18.5 Å². The fourth-order valence-corrected chi connectivity index (χ4v) is 3.51. The van der Waals surface area contributed by atoms with Gasteiger partial charge in [-0.05, 0) is 56.2 Å². The van der Waals surface area contributed by atoms with Crippen LogP contribution in [0.15, 0.2) is 53.1 Å². The van der Waals surface area contributed by atoms with Gasteiger partial charge in [-0.2, -0.15) is 4.98 Å². The fourth-order valence-electron chi connectivity index (χ4n) is 3.51. The van der Waals surface area contributed by atoms with Crippen LogP contribution in [-0.2, 0) is 11.2 Å². The Labute approximate surface area is 186 Å². The van der Waals surface area contributed by atoms with Gasteiger partial charge < -0.3 is 24.1 Å². The van der Waals surface area contributed by atoms with Crippen molar-refractivity contribution in [1.82, 2.24) is 15.5 Å². The molecule has 0 radical (unpaired) electrons. The van der Waals surface area contributed by atoms with Crippen molar-refractivity contribution in [2.45, 2.75) is 44.8 Å². The Hall–Kier alpha value is -3.55. The molecule has 0 fully saturated rings. The van der Waals surface area contributed by atoms with Crippen LogP contribution in [-0.4, -0.2) is 41.9 Å². The van der Waals surface area contributed by atoms with E-state index in [1.165, 1.54) is 0 Å². The number of amides is 1. The number of aromatic nitrogens is 2. The van der Waals surface area contributed by atoms with E-state index in [4.69, 9.17) is 18.7 Å². The Bertz CT molecular complexity index is 1030. The zero-order valence-electron chi connectivity index (χ0n) is 18.2. The van der Waals surface area contributed by atoms with Crippen molar-refractivity contribution in [2.24, 2.45) is 0 Å². The normalized spacial score (nSPS) is 17.1. The maximum atomic E-state index is 12.5. The number of ether oxygens (including phenoxy) is 3.